The molecule has 1 heterocycles. The molecule has 1 unspecified atom stereocenters. The summed E-state index contributed by atoms with van der Waals surface area (Å²) >= 11 is 6.23. The topological polar surface area (TPSA) is 23.5 Å². The number of aliphatic hydroxyl groups is 1. The van der Waals surface area contributed by atoms with E-state index in [1.807, 2.05) is 19.9 Å². The van der Waals surface area contributed by atoms with Gasteiger partial charge >= 0.3 is 0 Å². The zero-order valence-electron chi connectivity index (χ0n) is 10.5. The molecule has 0 bridgehead atoms. The molecule has 1 aliphatic heterocycles. The molecule has 1 aliphatic rings. The van der Waals surface area contributed by atoms with Crippen LogP contribution in [-0.2, 0) is 6.54 Å². The third kappa shape index (κ3) is 3.44. The summed E-state index contributed by atoms with van der Waals surface area (Å²) in [6.07, 6.45) is 1.95. The number of rotatable bonds is 2. The molecule has 1 fully saturated rings. The van der Waals surface area contributed by atoms with Gasteiger partial charge in [-0.1, -0.05) is 23.7 Å². The van der Waals surface area contributed by atoms with Gasteiger partial charge in [0.25, 0.3) is 0 Å². The maximum absolute atomic E-state index is 10.1. The van der Waals surface area contributed by atoms with Crippen LogP contribution in [-0.4, -0.2) is 28.7 Å². The summed E-state index contributed by atoms with van der Waals surface area (Å²) in [6.45, 7) is 6.56. The quantitative estimate of drug-likeness (QED) is 0.876. The van der Waals surface area contributed by atoms with Crippen LogP contribution in [0.2, 0.25) is 5.02 Å². The van der Waals surface area contributed by atoms with E-state index in [9.17, 15) is 5.11 Å². The number of nitrogens with zero attached hydrogens (tertiary/aromatic N) is 1. The van der Waals surface area contributed by atoms with Crippen molar-refractivity contribution in [3.05, 3.63) is 34.3 Å². The van der Waals surface area contributed by atoms with Crippen molar-refractivity contribution < 1.29 is 5.11 Å². The Hall–Kier alpha value is -0.570. The van der Waals surface area contributed by atoms with Crippen molar-refractivity contribution in [3.63, 3.8) is 0 Å². The second-order valence-electron chi connectivity index (χ2n) is 5.41. The Balaban J connectivity index is 2.05. The predicted octanol–water partition coefficient (Wildman–Crippen LogP) is 3.00. The normalized spacial score (nSPS) is 26.1. The summed E-state index contributed by atoms with van der Waals surface area (Å²) in [6, 6.07) is 6.17. The molecule has 3 heteroatoms. The molecule has 0 aromatic heterocycles. The third-order valence-corrected chi connectivity index (χ3v) is 3.71. The van der Waals surface area contributed by atoms with Crippen LogP contribution in [0.3, 0.4) is 0 Å². The predicted molar refractivity (Wildman–Crippen MR) is 71.3 cm³/mol. The lowest BCUT2D eigenvalue weighted by Gasteiger charge is -2.37. The second kappa shape index (κ2) is 4.97. The maximum Gasteiger partial charge on any atom is 0.0746 e. The van der Waals surface area contributed by atoms with E-state index in [2.05, 4.69) is 17.0 Å². The Bertz CT molecular complexity index is 403. The van der Waals surface area contributed by atoms with Gasteiger partial charge in [-0.25, -0.2) is 0 Å². The molecule has 2 nitrogen and oxygen atoms in total. The highest BCUT2D eigenvalue weighted by Crippen LogP contribution is 2.24. The summed E-state index contributed by atoms with van der Waals surface area (Å²) in [7, 11) is 0. The fourth-order valence-electron chi connectivity index (χ4n) is 2.48. The van der Waals surface area contributed by atoms with Crippen LogP contribution in [0, 0.1) is 6.92 Å². The Morgan fingerprint density at radius 2 is 2.24 bits per heavy atom. The largest absolute Gasteiger partial charge is 0.389 e. The fourth-order valence-corrected chi connectivity index (χ4v) is 2.77. The summed E-state index contributed by atoms with van der Waals surface area (Å²) in [5.74, 6) is 0. The first-order valence-electron chi connectivity index (χ1n) is 6.16. The minimum atomic E-state index is -0.546. The van der Waals surface area contributed by atoms with Crippen LogP contribution in [0.25, 0.3) is 0 Å². The second-order valence-corrected chi connectivity index (χ2v) is 5.81. The SMILES string of the molecule is Cc1ccc(CN2CCCC(C)(O)C2)c(Cl)c1. The number of piperidine rings is 1. The molecule has 0 spiro atoms. The van der Waals surface area contributed by atoms with E-state index < -0.39 is 5.60 Å². The van der Waals surface area contributed by atoms with E-state index >= 15 is 0 Å². The van der Waals surface area contributed by atoms with Crippen molar-refractivity contribution in [1.29, 1.82) is 0 Å². The molecule has 0 saturated carbocycles. The van der Waals surface area contributed by atoms with Crippen LogP contribution in [0.4, 0.5) is 0 Å². The van der Waals surface area contributed by atoms with Gasteiger partial charge < -0.3 is 5.11 Å². The molecule has 0 amide bonds. The van der Waals surface area contributed by atoms with Gasteiger partial charge in [0.2, 0.25) is 0 Å². The molecule has 1 atom stereocenters. The molecule has 2 rings (SSSR count). The van der Waals surface area contributed by atoms with Gasteiger partial charge in [-0.2, -0.15) is 0 Å². The molecular formula is C14H20ClNO. The number of hydrogen-bond acceptors (Lipinski definition) is 2. The fraction of sp³-hybridized carbons (Fsp3) is 0.571. The maximum atomic E-state index is 10.1. The van der Waals surface area contributed by atoms with Gasteiger partial charge in [0.15, 0.2) is 0 Å². The summed E-state index contributed by atoms with van der Waals surface area (Å²) in [5, 5.41) is 10.9. The first-order chi connectivity index (χ1) is 7.96. The molecule has 0 radical (unpaired) electrons. The molecule has 94 valence electrons. The van der Waals surface area contributed by atoms with Gasteiger partial charge in [-0.05, 0) is 50.4 Å². The standard InChI is InChI=1S/C14H20ClNO/c1-11-4-5-12(13(15)8-11)9-16-7-3-6-14(2,17)10-16/h4-5,8,17H,3,6-7,9-10H2,1-2H3. The molecule has 1 aromatic carbocycles. The van der Waals surface area contributed by atoms with Crippen LogP contribution >= 0.6 is 11.6 Å². The number of benzene rings is 1. The van der Waals surface area contributed by atoms with Gasteiger partial charge in [0.1, 0.15) is 0 Å². The lowest BCUT2D eigenvalue weighted by Crippen LogP contribution is -2.45. The molecular weight excluding hydrogens is 234 g/mol. The van der Waals surface area contributed by atoms with Crippen molar-refractivity contribution in [1.82, 2.24) is 4.90 Å². The van der Waals surface area contributed by atoms with Crippen LogP contribution in [0.15, 0.2) is 18.2 Å². The monoisotopic (exact) mass is 253 g/mol. The van der Waals surface area contributed by atoms with Crippen molar-refractivity contribution >= 4 is 11.6 Å². The number of likely N-dealkylation sites (tertiary alicyclic amines) is 1. The van der Waals surface area contributed by atoms with E-state index in [4.69, 9.17) is 11.6 Å². The van der Waals surface area contributed by atoms with E-state index in [-0.39, 0.29) is 0 Å². The average Bonchev–Trinajstić information content (AvgIpc) is 2.21. The van der Waals surface area contributed by atoms with E-state index in [1.165, 1.54) is 5.56 Å². The van der Waals surface area contributed by atoms with Crippen molar-refractivity contribution in [2.45, 2.75) is 38.8 Å². The van der Waals surface area contributed by atoms with E-state index in [1.54, 1.807) is 0 Å². The van der Waals surface area contributed by atoms with E-state index in [0.29, 0.717) is 0 Å². The molecule has 17 heavy (non-hydrogen) atoms. The smallest absolute Gasteiger partial charge is 0.0746 e. The molecule has 1 N–H and O–H groups in total. The summed E-state index contributed by atoms with van der Waals surface area (Å²) < 4.78 is 0. The highest BCUT2D eigenvalue weighted by Gasteiger charge is 2.28. The number of aryl methyl sites for hydroxylation is 1. The average molecular weight is 254 g/mol. The zero-order valence-corrected chi connectivity index (χ0v) is 11.3. The molecule has 0 aliphatic carbocycles. The number of β-amino-alcohol motifs (C(OH)–C–C–N with tert-alkyl or cyclic N) is 1. The first kappa shape index (κ1) is 12.9. The third-order valence-electron chi connectivity index (χ3n) is 3.36. The van der Waals surface area contributed by atoms with Crippen molar-refractivity contribution in [2.75, 3.05) is 13.1 Å². The van der Waals surface area contributed by atoms with Crippen LogP contribution in [0.1, 0.15) is 30.9 Å². The Morgan fingerprint density at radius 3 is 2.88 bits per heavy atom. The lowest BCUT2D eigenvalue weighted by atomic mass is 9.95. The Labute approximate surface area is 108 Å². The Kier molecular flexibility index (Phi) is 3.76. The zero-order chi connectivity index (χ0) is 12.5. The molecule has 1 saturated heterocycles. The van der Waals surface area contributed by atoms with Gasteiger partial charge in [-0.15, -0.1) is 0 Å². The van der Waals surface area contributed by atoms with Crippen molar-refractivity contribution in [2.24, 2.45) is 0 Å². The van der Waals surface area contributed by atoms with Crippen molar-refractivity contribution in [3.8, 4) is 0 Å². The minimum Gasteiger partial charge on any atom is -0.389 e. The van der Waals surface area contributed by atoms with Gasteiger partial charge in [0.05, 0.1) is 5.60 Å². The Morgan fingerprint density at radius 1 is 1.47 bits per heavy atom. The number of hydrogen-bond donors (Lipinski definition) is 1. The van der Waals surface area contributed by atoms with Crippen LogP contribution in [0.5, 0.6) is 0 Å². The highest BCUT2D eigenvalue weighted by molar-refractivity contribution is 6.31. The first-order valence-corrected chi connectivity index (χ1v) is 6.54. The van der Waals surface area contributed by atoms with Gasteiger partial charge in [0, 0.05) is 18.1 Å². The number of halogens is 1. The summed E-state index contributed by atoms with van der Waals surface area (Å²) in [4.78, 5) is 2.28. The van der Waals surface area contributed by atoms with E-state index in [0.717, 1.165) is 43.1 Å². The van der Waals surface area contributed by atoms with Crippen LogP contribution < -0.4 is 0 Å². The highest BCUT2D eigenvalue weighted by atomic mass is 35.5. The van der Waals surface area contributed by atoms with Gasteiger partial charge in [-0.3, -0.25) is 4.90 Å². The molecule has 1 aromatic rings. The minimum absolute atomic E-state index is 0.546. The summed E-state index contributed by atoms with van der Waals surface area (Å²) in [5.41, 5.74) is 1.79. The lowest BCUT2D eigenvalue weighted by molar-refractivity contribution is -0.0181.